The van der Waals surface area contributed by atoms with Gasteiger partial charge in [0.25, 0.3) is 5.91 Å². The van der Waals surface area contributed by atoms with Crippen LogP contribution in [-0.2, 0) is 11.3 Å². The highest BCUT2D eigenvalue weighted by Gasteiger charge is 2.33. The largest absolute Gasteiger partial charge is 0.485 e. The van der Waals surface area contributed by atoms with Crippen molar-refractivity contribution in [2.24, 2.45) is 0 Å². The molecule has 1 aliphatic rings. The Kier molecular flexibility index (Phi) is 5.53. The molecule has 4 aromatic rings. The molecule has 0 saturated carbocycles. The van der Waals surface area contributed by atoms with Crippen LogP contribution in [0.1, 0.15) is 17.5 Å². The van der Waals surface area contributed by atoms with Gasteiger partial charge in [0.15, 0.2) is 16.6 Å². The molecule has 0 bridgehead atoms. The van der Waals surface area contributed by atoms with Crippen LogP contribution >= 0.6 is 11.3 Å². The molecule has 5 rings (SSSR count). The highest BCUT2D eigenvalue weighted by atomic mass is 32.1. The molecule has 7 nitrogen and oxygen atoms in total. The average molecular weight is 449 g/mol. The first kappa shape index (κ1) is 20.5. The third-order valence-corrected chi connectivity index (χ3v) is 6.48. The van der Waals surface area contributed by atoms with Crippen molar-refractivity contribution in [1.29, 1.82) is 0 Å². The number of anilines is 1. The SMILES string of the molecule is Cc1cc(C)c2nc(N(CCCn3ccnc3)C(=O)[C@@H]3COc4ccccc4O3)sc2c1. The number of hydrogen-bond acceptors (Lipinski definition) is 6. The van der Waals surface area contributed by atoms with Gasteiger partial charge in [0, 0.05) is 25.5 Å². The summed E-state index contributed by atoms with van der Waals surface area (Å²) < 4.78 is 14.9. The molecular weight excluding hydrogens is 424 g/mol. The van der Waals surface area contributed by atoms with Crippen molar-refractivity contribution in [3.8, 4) is 11.5 Å². The zero-order valence-corrected chi connectivity index (χ0v) is 18.8. The second-order valence-electron chi connectivity index (χ2n) is 7.93. The summed E-state index contributed by atoms with van der Waals surface area (Å²) in [6.07, 6.45) is 5.51. The number of rotatable bonds is 6. The number of hydrogen-bond donors (Lipinski definition) is 0. The van der Waals surface area contributed by atoms with E-state index in [-0.39, 0.29) is 12.5 Å². The second kappa shape index (κ2) is 8.63. The number of fused-ring (bicyclic) bond motifs is 2. The van der Waals surface area contributed by atoms with E-state index in [0.29, 0.717) is 23.2 Å². The number of carbonyl (C=O) groups is 1. The molecule has 0 saturated heterocycles. The van der Waals surface area contributed by atoms with Crippen LogP contribution < -0.4 is 14.4 Å². The van der Waals surface area contributed by atoms with E-state index in [1.807, 2.05) is 35.0 Å². The zero-order chi connectivity index (χ0) is 22.1. The lowest BCUT2D eigenvalue weighted by molar-refractivity contribution is -0.127. The van der Waals surface area contributed by atoms with E-state index in [0.717, 1.165) is 28.7 Å². The van der Waals surface area contributed by atoms with E-state index >= 15 is 0 Å². The minimum absolute atomic E-state index is 0.140. The van der Waals surface area contributed by atoms with E-state index in [2.05, 4.69) is 31.0 Å². The van der Waals surface area contributed by atoms with Gasteiger partial charge in [-0.15, -0.1) is 0 Å². The quantitative estimate of drug-likeness (QED) is 0.438. The van der Waals surface area contributed by atoms with Crippen molar-refractivity contribution in [2.75, 3.05) is 18.1 Å². The molecule has 0 spiro atoms. The second-order valence-corrected chi connectivity index (χ2v) is 8.94. The zero-order valence-electron chi connectivity index (χ0n) is 18.0. The van der Waals surface area contributed by atoms with E-state index in [9.17, 15) is 4.79 Å². The van der Waals surface area contributed by atoms with Crippen molar-refractivity contribution in [3.63, 3.8) is 0 Å². The molecule has 0 fully saturated rings. The summed E-state index contributed by atoms with van der Waals surface area (Å²) in [4.78, 5) is 24.3. The molecular formula is C24H24N4O3S. The maximum atomic E-state index is 13.6. The fourth-order valence-electron chi connectivity index (χ4n) is 3.92. The van der Waals surface area contributed by atoms with Crippen LogP contribution in [-0.4, -0.2) is 39.7 Å². The lowest BCUT2D eigenvalue weighted by Crippen LogP contribution is -2.47. The fraction of sp³-hybridized carbons (Fsp3) is 0.292. The number of nitrogens with zero attached hydrogens (tertiary/aromatic N) is 4. The number of ether oxygens (including phenoxy) is 2. The van der Waals surface area contributed by atoms with Gasteiger partial charge < -0.3 is 14.0 Å². The predicted molar refractivity (Wildman–Crippen MR) is 125 cm³/mol. The van der Waals surface area contributed by atoms with Gasteiger partial charge in [0.05, 0.1) is 16.5 Å². The molecule has 1 atom stereocenters. The number of amides is 1. The Balaban J connectivity index is 1.42. The first-order valence-corrected chi connectivity index (χ1v) is 11.4. The standard InChI is InChI=1S/C24H24N4O3S/c1-16-12-17(2)22-21(13-16)32-24(26-22)28(10-5-9-27-11-8-25-15-27)23(29)20-14-30-18-6-3-4-7-19(18)31-20/h3-4,6-8,11-13,15,20H,5,9-10,14H2,1-2H3/t20-/m0/s1. The fourth-order valence-corrected chi connectivity index (χ4v) is 5.09. The molecule has 0 aliphatic carbocycles. The van der Waals surface area contributed by atoms with Gasteiger partial charge in [-0.2, -0.15) is 0 Å². The third-order valence-electron chi connectivity index (χ3n) is 5.46. The van der Waals surface area contributed by atoms with E-state index in [1.54, 1.807) is 17.4 Å². The average Bonchev–Trinajstić information content (AvgIpc) is 3.46. The molecule has 0 N–H and O–H groups in total. The molecule has 0 unspecified atom stereocenters. The maximum absolute atomic E-state index is 13.6. The Morgan fingerprint density at radius 2 is 2.09 bits per heavy atom. The van der Waals surface area contributed by atoms with Gasteiger partial charge in [-0.05, 0) is 49.6 Å². The molecule has 164 valence electrons. The summed E-state index contributed by atoms with van der Waals surface area (Å²) in [5, 5.41) is 0.687. The van der Waals surface area contributed by atoms with Crippen LogP contribution in [0.5, 0.6) is 11.5 Å². The summed E-state index contributed by atoms with van der Waals surface area (Å²) in [6.45, 7) is 5.59. The summed E-state index contributed by atoms with van der Waals surface area (Å²) >= 11 is 1.54. The molecule has 2 aromatic carbocycles. The smallest absolute Gasteiger partial charge is 0.273 e. The highest BCUT2D eigenvalue weighted by Crippen LogP contribution is 2.34. The van der Waals surface area contributed by atoms with Crippen molar-refractivity contribution in [3.05, 3.63) is 66.2 Å². The number of imidazole rings is 1. The first-order chi connectivity index (χ1) is 15.6. The predicted octanol–water partition coefficient (Wildman–Crippen LogP) is 4.37. The van der Waals surface area contributed by atoms with E-state index in [4.69, 9.17) is 14.5 Å². The maximum Gasteiger partial charge on any atom is 0.273 e. The minimum atomic E-state index is -0.715. The number of aromatic nitrogens is 3. The molecule has 2 aromatic heterocycles. The summed E-state index contributed by atoms with van der Waals surface area (Å²) in [6, 6.07) is 11.7. The lowest BCUT2D eigenvalue weighted by atomic mass is 10.1. The molecule has 0 radical (unpaired) electrons. The Morgan fingerprint density at radius 3 is 2.91 bits per heavy atom. The highest BCUT2D eigenvalue weighted by molar-refractivity contribution is 7.22. The van der Waals surface area contributed by atoms with Crippen molar-refractivity contribution < 1.29 is 14.3 Å². The number of carbonyl (C=O) groups excluding carboxylic acids is 1. The van der Waals surface area contributed by atoms with Crippen molar-refractivity contribution in [1.82, 2.24) is 14.5 Å². The number of benzene rings is 2. The molecule has 1 aliphatic heterocycles. The summed E-state index contributed by atoms with van der Waals surface area (Å²) in [5.74, 6) is 1.11. The van der Waals surface area contributed by atoms with Gasteiger partial charge in [0.1, 0.15) is 6.61 Å². The van der Waals surface area contributed by atoms with Gasteiger partial charge in [0.2, 0.25) is 6.10 Å². The monoisotopic (exact) mass is 448 g/mol. The van der Waals surface area contributed by atoms with E-state index in [1.165, 1.54) is 16.9 Å². The third kappa shape index (κ3) is 4.05. The van der Waals surface area contributed by atoms with Crippen LogP contribution in [0.3, 0.4) is 0 Å². The molecule has 1 amide bonds. The Bertz CT molecular complexity index is 1250. The normalized spacial score (nSPS) is 15.1. The van der Waals surface area contributed by atoms with E-state index < -0.39 is 6.10 Å². The summed E-state index contributed by atoms with van der Waals surface area (Å²) in [5.41, 5.74) is 3.23. The number of para-hydroxylation sites is 2. The molecule has 32 heavy (non-hydrogen) atoms. The topological polar surface area (TPSA) is 69.5 Å². The number of aryl methyl sites for hydroxylation is 3. The van der Waals surface area contributed by atoms with Crippen molar-refractivity contribution in [2.45, 2.75) is 32.9 Å². The van der Waals surface area contributed by atoms with Crippen LogP contribution in [0.4, 0.5) is 5.13 Å². The Morgan fingerprint density at radius 1 is 1.25 bits per heavy atom. The van der Waals surface area contributed by atoms with Crippen LogP contribution in [0.2, 0.25) is 0 Å². The Labute approximate surface area is 190 Å². The van der Waals surface area contributed by atoms with Crippen LogP contribution in [0, 0.1) is 13.8 Å². The lowest BCUT2D eigenvalue weighted by Gasteiger charge is -2.29. The van der Waals surface area contributed by atoms with Crippen LogP contribution in [0.15, 0.2) is 55.1 Å². The summed E-state index contributed by atoms with van der Waals surface area (Å²) in [7, 11) is 0. The van der Waals surface area contributed by atoms with Gasteiger partial charge in [-0.1, -0.05) is 29.5 Å². The first-order valence-electron chi connectivity index (χ1n) is 10.6. The van der Waals surface area contributed by atoms with Crippen molar-refractivity contribution >= 4 is 32.6 Å². The van der Waals surface area contributed by atoms with Gasteiger partial charge in [-0.25, -0.2) is 9.97 Å². The number of thiazole rings is 1. The van der Waals surface area contributed by atoms with Gasteiger partial charge in [-0.3, -0.25) is 9.69 Å². The molecule has 3 heterocycles. The minimum Gasteiger partial charge on any atom is -0.485 e. The van der Waals surface area contributed by atoms with Gasteiger partial charge >= 0.3 is 0 Å². The van der Waals surface area contributed by atoms with Crippen LogP contribution in [0.25, 0.3) is 10.2 Å². The molecule has 8 heteroatoms. The Hall–Kier alpha value is -3.39.